The number of thiol groups is 12. The quantitative estimate of drug-likeness (QED) is 0.0179. The van der Waals surface area contributed by atoms with Crippen molar-refractivity contribution in [3.8, 4) is 0 Å². The summed E-state index contributed by atoms with van der Waals surface area (Å²) in [6, 6.07) is 0. The minimum absolute atomic E-state index is 0.322. The van der Waals surface area contributed by atoms with Gasteiger partial charge in [0, 0.05) is 64.9 Å². The summed E-state index contributed by atoms with van der Waals surface area (Å²) in [6.07, 6.45) is 16.0. The van der Waals surface area contributed by atoms with Gasteiger partial charge < -0.3 is 39.8 Å². The van der Waals surface area contributed by atoms with E-state index in [4.69, 9.17) is 191 Å². The van der Waals surface area contributed by atoms with Crippen molar-refractivity contribution < 1.29 is 39.8 Å². The van der Waals surface area contributed by atoms with Gasteiger partial charge in [-0.2, -0.15) is 152 Å². The van der Waals surface area contributed by atoms with Crippen LogP contribution in [0, 0.1) is 45.3 Å². The molecule has 0 amide bonds. The molecule has 9 nitrogen and oxygen atoms in total. The second kappa shape index (κ2) is 26.4. The second-order valence-corrected chi connectivity index (χ2v) is 44.2. The second-order valence-electron chi connectivity index (χ2n) is 25.5. The van der Waals surface area contributed by atoms with Gasteiger partial charge in [0.2, 0.25) is 0 Å². The molecule has 10 unspecified atom stereocenters. The lowest BCUT2D eigenvalue weighted by atomic mass is 9.54. The fourth-order valence-corrected chi connectivity index (χ4v) is 43.6. The van der Waals surface area contributed by atoms with E-state index in [9.17, 15) is 0 Å². The van der Waals surface area contributed by atoms with E-state index in [1.54, 1.807) is 0 Å². The van der Waals surface area contributed by atoms with E-state index in [0.717, 1.165) is 96.3 Å². The highest BCUT2D eigenvalue weighted by atomic mass is 32.2. The summed E-state index contributed by atoms with van der Waals surface area (Å²) < 4.78 is 56.5. The van der Waals surface area contributed by atoms with Crippen LogP contribution in [0.2, 0.25) is 15.1 Å². The van der Waals surface area contributed by atoms with Crippen molar-refractivity contribution in [1.29, 1.82) is 0 Å². The smallest absolute Gasteiger partial charge is 0.373 e. The van der Waals surface area contributed by atoms with Crippen LogP contribution in [0.4, 0.5) is 0 Å². The first kappa shape index (κ1) is 72.9. The van der Waals surface area contributed by atoms with Gasteiger partial charge in [0.05, 0.1) is 39.6 Å². The molecule has 0 aromatic heterocycles. The molecule has 0 aromatic carbocycles. The van der Waals surface area contributed by atoms with E-state index in [1.165, 1.54) is 0 Å². The number of rotatable bonds is 33. The predicted molar refractivity (Wildman–Crippen MR) is 383 cm³/mol. The van der Waals surface area contributed by atoms with Gasteiger partial charge in [-0.25, -0.2) is 0 Å². The molecule has 0 aliphatic heterocycles. The SMILES string of the molecule is CCO[Si](OCC)(OCC)C1(C(S)(S)C(S)(S)C2CCCCC2(C(S)(S)C(S)(S)C2([Si](OCC)(OCC)OCC)CC3CCC2(CC)C3)C(S)(S)C(S)(S)C2([Si](OCC)(OCC)OCC)CC3CCC2(CC)C3)CC2CCC1(CC)C2. The summed E-state index contributed by atoms with van der Waals surface area (Å²) in [4.78, 5) is 0. The van der Waals surface area contributed by atoms with E-state index in [-0.39, 0.29) is 5.41 Å². The van der Waals surface area contributed by atoms with E-state index < -0.39 is 88.2 Å². The highest BCUT2D eigenvalue weighted by Crippen LogP contribution is 2.90. The van der Waals surface area contributed by atoms with E-state index in [1.807, 2.05) is 62.3 Å². The van der Waals surface area contributed by atoms with E-state index in [0.29, 0.717) is 103 Å². The first-order valence-electron chi connectivity index (χ1n) is 31.4. The zero-order valence-corrected chi connectivity index (χ0v) is 64.9. The molecule has 7 fully saturated rings. The van der Waals surface area contributed by atoms with Crippen molar-refractivity contribution in [2.75, 3.05) is 59.5 Å². The van der Waals surface area contributed by atoms with Crippen LogP contribution < -0.4 is 0 Å². The lowest BCUT2D eigenvalue weighted by Gasteiger charge is -2.75. The summed E-state index contributed by atoms with van der Waals surface area (Å²) in [5, 5.41) is -2.91. The molecule has 474 valence electrons. The normalized spacial score (nSPS) is 36.0. The highest BCUT2D eigenvalue weighted by molar-refractivity contribution is 8.10. The molecular formula is C57H108O9S12Si3. The van der Waals surface area contributed by atoms with E-state index in [2.05, 4.69) is 20.8 Å². The molecule has 0 heterocycles. The Balaban J connectivity index is 1.69. The fourth-order valence-electron chi connectivity index (χ4n) is 20.5. The van der Waals surface area contributed by atoms with Gasteiger partial charge in [0.15, 0.2) is 0 Å². The molecule has 6 bridgehead atoms. The summed E-state index contributed by atoms with van der Waals surface area (Å²) in [6.45, 7) is 28.6. The molecular weight excluding hydrogens is 1300 g/mol. The standard InChI is InChI=1S/C57H108O9S12Si3/c1-13-45-32-28-41(35-45)38-49(45,79(58-16-4,59-17-5)60-18-6)55(73,74)52(67,68)44-27-25-26-31-48(44,53(69,70)56(75,76)50(39-42-29-33-46(50,14-2)36-42)80(61-19-7,62-20-8)63-21-9)54(71,72)57(77,78)51(40-43-30-34-47(51,15-3)37-43)81(64-22-10,65-23-11)66-24-12/h41-44,67-78H,13-40H2,1-12H3. The Labute approximate surface area is 561 Å². The largest absolute Gasteiger partial charge is 0.510 e. The molecule has 24 heteroatoms. The number of fused-ring (bicyclic) bond motifs is 6. The molecule has 10 atom stereocenters. The van der Waals surface area contributed by atoms with E-state index >= 15 is 0 Å². The first-order chi connectivity index (χ1) is 37.9. The van der Waals surface area contributed by atoms with Crippen LogP contribution in [-0.2, 0) is 39.8 Å². The Morgan fingerprint density at radius 3 is 0.815 bits per heavy atom. The maximum absolute atomic E-state index is 7.33. The average Bonchev–Trinajstić information content (AvgIpc) is 2.10. The van der Waals surface area contributed by atoms with Gasteiger partial charge in [0.1, 0.15) is 0 Å². The fraction of sp³-hybridized carbons (Fsp3) is 1.00. The molecule has 7 saturated carbocycles. The van der Waals surface area contributed by atoms with Gasteiger partial charge in [-0.3, -0.25) is 0 Å². The molecule has 7 aliphatic rings. The molecule has 7 aliphatic carbocycles. The van der Waals surface area contributed by atoms with Crippen LogP contribution in [-0.4, -0.2) is 110 Å². The van der Waals surface area contributed by atoms with Crippen molar-refractivity contribution in [3.63, 3.8) is 0 Å². The number of hydrogen-bond acceptors (Lipinski definition) is 21. The molecule has 7 rings (SSSR count). The van der Waals surface area contributed by atoms with Crippen LogP contribution in [0.25, 0.3) is 0 Å². The highest BCUT2D eigenvalue weighted by Gasteiger charge is 2.91. The Bertz CT molecular complexity index is 2010. The zero-order valence-electron chi connectivity index (χ0n) is 51.1. The average molecular weight is 1410 g/mol. The van der Waals surface area contributed by atoms with Crippen molar-refractivity contribution in [1.82, 2.24) is 0 Å². The van der Waals surface area contributed by atoms with Gasteiger partial charge in [-0.15, -0.1) is 0 Å². The summed E-state index contributed by atoms with van der Waals surface area (Å²) in [5.74, 6) is 0.327. The van der Waals surface area contributed by atoms with Gasteiger partial charge >= 0.3 is 26.4 Å². The maximum Gasteiger partial charge on any atom is 0.510 e. The topological polar surface area (TPSA) is 83.1 Å². The van der Waals surface area contributed by atoms with Crippen LogP contribution in [0.1, 0.15) is 205 Å². The predicted octanol–water partition coefficient (Wildman–Crippen LogP) is 16.7. The van der Waals surface area contributed by atoms with Crippen LogP contribution in [0.3, 0.4) is 0 Å². The minimum atomic E-state index is -3.96. The van der Waals surface area contributed by atoms with Crippen LogP contribution in [0.15, 0.2) is 0 Å². The van der Waals surface area contributed by atoms with Crippen molar-refractivity contribution in [2.45, 2.75) is 245 Å². The molecule has 0 spiro atoms. The molecule has 0 saturated heterocycles. The lowest BCUT2D eigenvalue weighted by Crippen LogP contribution is -2.80. The molecule has 81 heavy (non-hydrogen) atoms. The molecule has 0 N–H and O–H groups in total. The van der Waals surface area contributed by atoms with Crippen molar-refractivity contribution in [2.24, 2.45) is 45.3 Å². The lowest BCUT2D eigenvalue weighted by molar-refractivity contribution is -0.0343. The van der Waals surface area contributed by atoms with Crippen molar-refractivity contribution in [3.05, 3.63) is 0 Å². The first-order valence-corrected chi connectivity index (χ1v) is 41.9. The third-order valence-electron chi connectivity index (χ3n) is 23.1. The Hall–Kier alpha value is 4.49. The summed E-state index contributed by atoms with van der Waals surface area (Å²) >= 11 is 75.8. The third-order valence-corrected chi connectivity index (χ3v) is 47.6. The Morgan fingerprint density at radius 2 is 0.580 bits per heavy atom. The number of hydrogen-bond donors (Lipinski definition) is 12. The Kier molecular flexibility index (Phi) is 23.7. The van der Waals surface area contributed by atoms with Gasteiger partial charge in [-0.05, 0) is 211 Å². The molecule has 0 radical (unpaired) electrons. The van der Waals surface area contributed by atoms with Gasteiger partial charge in [0.25, 0.3) is 0 Å². The van der Waals surface area contributed by atoms with Crippen LogP contribution >= 0.6 is 152 Å². The van der Waals surface area contributed by atoms with Gasteiger partial charge in [-0.1, -0.05) is 33.6 Å². The van der Waals surface area contributed by atoms with Crippen molar-refractivity contribution >= 4 is 178 Å². The molecule has 0 aromatic rings. The third kappa shape index (κ3) is 9.70. The zero-order chi connectivity index (χ0) is 60.5. The summed E-state index contributed by atoms with van der Waals surface area (Å²) in [5.41, 5.74) is -2.59. The Morgan fingerprint density at radius 1 is 0.321 bits per heavy atom. The van der Waals surface area contributed by atoms with Crippen LogP contribution in [0.5, 0.6) is 0 Å². The monoisotopic (exact) mass is 1400 g/mol. The minimum Gasteiger partial charge on any atom is -0.373 e. The maximum atomic E-state index is 7.33. The summed E-state index contributed by atoms with van der Waals surface area (Å²) in [7, 11) is -11.8.